The van der Waals surface area contributed by atoms with Crippen LogP contribution in [0.4, 0.5) is 17.6 Å². The zero-order valence-electron chi connectivity index (χ0n) is 24.1. The van der Waals surface area contributed by atoms with Crippen LogP contribution in [-0.2, 0) is 15.7 Å². The summed E-state index contributed by atoms with van der Waals surface area (Å²) in [4.78, 5) is 26.8. The van der Waals surface area contributed by atoms with E-state index in [9.17, 15) is 22.8 Å². The van der Waals surface area contributed by atoms with Crippen LogP contribution in [-0.4, -0.2) is 46.3 Å². The number of carbonyl (C=O) groups is 2. The summed E-state index contributed by atoms with van der Waals surface area (Å²) in [6, 6.07) is 7.84. The van der Waals surface area contributed by atoms with Crippen molar-refractivity contribution in [2.75, 3.05) is 19.7 Å². The molecule has 1 aromatic heterocycles. The molecule has 1 aliphatic heterocycles. The third-order valence-corrected chi connectivity index (χ3v) is 7.36. The van der Waals surface area contributed by atoms with Gasteiger partial charge in [-0.05, 0) is 81.0 Å². The number of hydrogen-bond acceptors (Lipinski definition) is 5. The minimum Gasteiger partial charge on any atom is -0.486 e. The van der Waals surface area contributed by atoms with E-state index >= 15 is 4.39 Å². The predicted octanol–water partition coefficient (Wildman–Crippen LogP) is 6.98. The largest absolute Gasteiger partial charge is 0.486 e. The lowest BCUT2D eigenvalue weighted by Gasteiger charge is -2.31. The van der Waals surface area contributed by atoms with Crippen molar-refractivity contribution in [3.05, 3.63) is 76.4 Å². The molecule has 3 aromatic rings. The molecule has 0 aliphatic carbocycles. The number of benzene rings is 2. The number of halogens is 4. The Morgan fingerprint density at radius 3 is 2.43 bits per heavy atom. The highest BCUT2D eigenvalue weighted by molar-refractivity contribution is 5.95. The fourth-order valence-electron chi connectivity index (χ4n) is 5.35. The van der Waals surface area contributed by atoms with Gasteiger partial charge in [0.15, 0.2) is 0 Å². The van der Waals surface area contributed by atoms with E-state index in [1.807, 2.05) is 6.92 Å². The minimum atomic E-state index is -4.50. The third-order valence-electron chi connectivity index (χ3n) is 7.36. The number of ether oxygens (including phenoxy) is 2. The van der Waals surface area contributed by atoms with Gasteiger partial charge in [0.05, 0.1) is 35.5 Å². The number of likely N-dealkylation sites (tertiary alicyclic amines) is 1. The molecule has 7 nitrogen and oxygen atoms in total. The summed E-state index contributed by atoms with van der Waals surface area (Å²) < 4.78 is 67.2. The number of nitrogens with zero attached hydrogens (tertiary/aromatic N) is 3. The Bertz CT molecular complexity index is 1410. The number of rotatable bonds is 9. The van der Waals surface area contributed by atoms with E-state index in [1.165, 1.54) is 21.7 Å². The first-order chi connectivity index (χ1) is 19.9. The van der Waals surface area contributed by atoms with Gasteiger partial charge in [0, 0.05) is 19.3 Å². The summed E-state index contributed by atoms with van der Waals surface area (Å²) in [5, 5.41) is 3.89. The zero-order chi connectivity index (χ0) is 30.6. The number of alkyl halides is 3. The van der Waals surface area contributed by atoms with Crippen molar-refractivity contribution >= 4 is 11.9 Å². The van der Waals surface area contributed by atoms with Crippen molar-refractivity contribution < 1.29 is 36.6 Å². The Morgan fingerprint density at radius 1 is 1.12 bits per heavy atom. The summed E-state index contributed by atoms with van der Waals surface area (Å²) in [7, 11) is 0. The van der Waals surface area contributed by atoms with Gasteiger partial charge in [-0.15, -0.1) is 0 Å². The number of piperidine rings is 1. The molecule has 0 radical (unpaired) electrons. The van der Waals surface area contributed by atoms with Gasteiger partial charge in [0.25, 0.3) is 5.91 Å². The van der Waals surface area contributed by atoms with E-state index in [-0.39, 0.29) is 24.7 Å². The Hall–Kier alpha value is -3.89. The number of aromatic nitrogens is 2. The van der Waals surface area contributed by atoms with E-state index in [1.54, 1.807) is 39.0 Å². The maximum Gasteiger partial charge on any atom is 0.419 e. The summed E-state index contributed by atoms with van der Waals surface area (Å²) in [6.07, 6.45) is -0.740. The lowest BCUT2D eigenvalue weighted by atomic mass is 9.97. The molecule has 1 amide bonds. The van der Waals surface area contributed by atoms with Gasteiger partial charge < -0.3 is 14.4 Å². The van der Waals surface area contributed by atoms with Crippen molar-refractivity contribution in [3.8, 4) is 11.4 Å². The molecule has 4 rings (SSSR count). The third kappa shape index (κ3) is 6.94. The van der Waals surface area contributed by atoms with Crippen molar-refractivity contribution in [3.63, 3.8) is 0 Å². The SMILES string of the molecule is CCC[C@H](Oc1cc(C)c(-n2cc(C(F)(F)F)cn2)c(C)c1)c1ccc(C(=O)N2CCCC(C(=O)OCC)C2)c(F)c1. The summed E-state index contributed by atoms with van der Waals surface area (Å²) in [5.41, 5.74) is 1.47. The average Bonchev–Trinajstić information content (AvgIpc) is 3.43. The van der Waals surface area contributed by atoms with Crippen LogP contribution in [0.25, 0.3) is 5.69 Å². The first kappa shape index (κ1) is 31.1. The van der Waals surface area contributed by atoms with Gasteiger partial charge in [0.1, 0.15) is 17.7 Å². The second-order valence-electron chi connectivity index (χ2n) is 10.6. The second kappa shape index (κ2) is 13.0. The second-order valence-corrected chi connectivity index (χ2v) is 10.6. The topological polar surface area (TPSA) is 73.7 Å². The highest BCUT2D eigenvalue weighted by atomic mass is 19.4. The number of hydrogen-bond donors (Lipinski definition) is 0. The quantitative estimate of drug-likeness (QED) is 0.199. The number of aryl methyl sites for hydroxylation is 2. The molecule has 0 spiro atoms. The van der Waals surface area contributed by atoms with Gasteiger partial charge in [0.2, 0.25) is 0 Å². The highest BCUT2D eigenvalue weighted by Crippen LogP contribution is 2.33. The lowest BCUT2D eigenvalue weighted by Crippen LogP contribution is -2.43. The smallest absolute Gasteiger partial charge is 0.419 e. The molecule has 0 saturated carbocycles. The zero-order valence-corrected chi connectivity index (χ0v) is 24.1. The van der Waals surface area contributed by atoms with Gasteiger partial charge in [-0.3, -0.25) is 9.59 Å². The fraction of sp³-hybridized carbons (Fsp3) is 0.452. The van der Waals surface area contributed by atoms with Gasteiger partial charge in [-0.2, -0.15) is 18.3 Å². The molecular formula is C31H35F4N3O4. The Labute approximate surface area is 242 Å². The Morgan fingerprint density at radius 2 is 1.83 bits per heavy atom. The van der Waals surface area contributed by atoms with Gasteiger partial charge in [-0.25, -0.2) is 9.07 Å². The number of amides is 1. The molecule has 1 fully saturated rings. The highest BCUT2D eigenvalue weighted by Gasteiger charge is 2.33. The fourth-order valence-corrected chi connectivity index (χ4v) is 5.35. The molecule has 42 heavy (non-hydrogen) atoms. The number of esters is 1. The molecule has 2 heterocycles. The van der Waals surface area contributed by atoms with Crippen LogP contribution in [0.15, 0.2) is 42.7 Å². The average molecular weight is 590 g/mol. The Balaban J connectivity index is 1.52. The molecule has 1 saturated heterocycles. The van der Waals surface area contributed by atoms with Crippen LogP contribution >= 0.6 is 0 Å². The normalized spacial score (nSPS) is 16.3. The summed E-state index contributed by atoms with van der Waals surface area (Å²) in [5.74, 6) is -1.45. The van der Waals surface area contributed by atoms with Gasteiger partial charge >= 0.3 is 12.1 Å². The molecule has 11 heteroatoms. The van der Waals surface area contributed by atoms with Crippen LogP contribution in [0.3, 0.4) is 0 Å². The van der Waals surface area contributed by atoms with E-state index in [0.29, 0.717) is 53.9 Å². The molecule has 2 aromatic carbocycles. The van der Waals surface area contributed by atoms with Crippen molar-refractivity contribution in [1.29, 1.82) is 0 Å². The molecule has 226 valence electrons. The standard InChI is InChI=1S/C31H35F4N3O4/c1-5-8-27(42-24-13-19(3)28(20(4)14-24)38-18-23(16-36-38)31(33,34)35)21-10-11-25(26(32)15-21)29(39)37-12-7-9-22(17-37)30(40)41-6-2/h10-11,13-16,18,22,27H,5-9,12,17H2,1-4H3/t22?,27-/m0/s1. The van der Waals surface area contributed by atoms with Crippen LogP contribution in [0.2, 0.25) is 0 Å². The van der Waals surface area contributed by atoms with E-state index in [0.717, 1.165) is 18.8 Å². The molecule has 2 atom stereocenters. The van der Waals surface area contributed by atoms with E-state index in [2.05, 4.69) is 5.10 Å². The van der Waals surface area contributed by atoms with Crippen molar-refractivity contribution in [2.45, 2.75) is 65.7 Å². The summed E-state index contributed by atoms with van der Waals surface area (Å²) in [6.45, 7) is 8.09. The van der Waals surface area contributed by atoms with E-state index < -0.39 is 35.5 Å². The maximum absolute atomic E-state index is 15.3. The molecule has 1 aliphatic rings. The minimum absolute atomic E-state index is 0.0769. The molecule has 1 unspecified atom stereocenters. The molecule has 0 bridgehead atoms. The Kier molecular flexibility index (Phi) is 9.58. The van der Waals surface area contributed by atoms with Crippen LogP contribution in [0.1, 0.15) is 78.2 Å². The molecular weight excluding hydrogens is 554 g/mol. The monoisotopic (exact) mass is 589 g/mol. The van der Waals surface area contributed by atoms with Crippen molar-refractivity contribution in [2.24, 2.45) is 5.92 Å². The molecule has 0 N–H and O–H groups in total. The summed E-state index contributed by atoms with van der Waals surface area (Å²) >= 11 is 0. The van der Waals surface area contributed by atoms with Crippen LogP contribution in [0.5, 0.6) is 5.75 Å². The van der Waals surface area contributed by atoms with Crippen LogP contribution < -0.4 is 4.74 Å². The van der Waals surface area contributed by atoms with Crippen molar-refractivity contribution in [1.82, 2.24) is 14.7 Å². The maximum atomic E-state index is 15.3. The number of carbonyl (C=O) groups excluding carboxylic acids is 2. The first-order valence-electron chi connectivity index (χ1n) is 14.1. The van der Waals surface area contributed by atoms with Gasteiger partial charge in [-0.1, -0.05) is 19.4 Å². The predicted molar refractivity (Wildman–Crippen MR) is 148 cm³/mol. The van der Waals surface area contributed by atoms with Crippen LogP contribution in [0, 0.1) is 25.6 Å². The van der Waals surface area contributed by atoms with E-state index in [4.69, 9.17) is 9.47 Å². The lowest BCUT2D eigenvalue weighted by molar-refractivity contribution is -0.149. The first-order valence-corrected chi connectivity index (χ1v) is 14.1.